The van der Waals surface area contributed by atoms with E-state index in [-0.39, 0.29) is 0 Å². The number of nitrogens with one attached hydrogen (secondary N) is 1. The van der Waals surface area contributed by atoms with E-state index in [9.17, 15) is 0 Å². The van der Waals surface area contributed by atoms with Gasteiger partial charge in [-0.3, -0.25) is 0 Å². The Bertz CT molecular complexity index is 191. The van der Waals surface area contributed by atoms with Gasteiger partial charge in [-0.15, -0.1) is 6.42 Å². The zero-order valence-corrected chi connectivity index (χ0v) is 6.08. The molecule has 0 spiro atoms. The summed E-state index contributed by atoms with van der Waals surface area (Å²) in [6, 6.07) is 0. The number of allylic oxidation sites excluding steroid dienone is 2. The highest BCUT2D eigenvalue weighted by atomic mass is 14.4. The van der Waals surface area contributed by atoms with Crippen LogP contribution >= 0.6 is 0 Å². The maximum absolute atomic E-state index is 7.18. The molecule has 1 nitrogen and oxygen atoms in total. The zero-order chi connectivity index (χ0) is 7.44. The van der Waals surface area contributed by atoms with Gasteiger partial charge in [-0.25, -0.2) is 0 Å². The van der Waals surface area contributed by atoms with E-state index in [2.05, 4.69) is 5.92 Å². The fourth-order valence-electron chi connectivity index (χ4n) is 0.390. The minimum Gasteiger partial charge on any atom is -0.305 e. The van der Waals surface area contributed by atoms with Crippen molar-refractivity contribution in [3.63, 3.8) is 0 Å². The average molecular weight is 121 g/mol. The van der Waals surface area contributed by atoms with Crippen LogP contribution in [-0.2, 0) is 0 Å². The molecule has 0 aliphatic carbocycles. The van der Waals surface area contributed by atoms with Gasteiger partial charge >= 0.3 is 0 Å². The number of rotatable bonds is 1. The van der Waals surface area contributed by atoms with E-state index in [0.29, 0.717) is 5.71 Å². The van der Waals surface area contributed by atoms with Crippen molar-refractivity contribution in [2.24, 2.45) is 0 Å². The van der Waals surface area contributed by atoms with Crippen LogP contribution < -0.4 is 0 Å². The fourth-order valence-corrected chi connectivity index (χ4v) is 0.390. The van der Waals surface area contributed by atoms with Crippen LogP contribution in [0.1, 0.15) is 20.8 Å². The molecular formula is C8H11N. The van der Waals surface area contributed by atoms with Crippen LogP contribution in [0.4, 0.5) is 0 Å². The molecule has 1 N–H and O–H groups in total. The first-order valence-electron chi connectivity index (χ1n) is 2.79. The molecule has 1 heteroatoms. The number of hydrogen-bond donors (Lipinski definition) is 1. The summed E-state index contributed by atoms with van der Waals surface area (Å²) in [7, 11) is 0. The summed E-state index contributed by atoms with van der Waals surface area (Å²) in [6.07, 6.45) is 5.11. The maximum atomic E-state index is 7.18. The Balaban J connectivity index is 4.54. The number of terminal acetylenes is 1. The van der Waals surface area contributed by atoms with Gasteiger partial charge < -0.3 is 5.41 Å². The molecule has 48 valence electrons. The summed E-state index contributed by atoms with van der Waals surface area (Å²) >= 11 is 0. The minimum atomic E-state index is 0.547. The smallest absolute Gasteiger partial charge is 0.0321 e. The van der Waals surface area contributed by atoms with Gasteiger partial charge in [0.05, 0.1) is 0 Å². The van der Waals surface area contributed by atoms with Crippen LogP contribution in [0.25, 0.3) is 0 Å². The van der Waals surface area contributed by atoms with Gasteiger partial charge in [0, 0.05) is 11.3 Å². The SMILES string of the molecule is C#C/C(C)=C(/C)C(C)=N. The van der Waals surface area contributed by atoms with E-state index in [1.807, 2.05) is 13.8 Å². The first kappa shape index (κ1) is 7.97. The zero-order valence-electron chi connectivity index (χ0n) is 6.08. The lowest BCUT2D eigenvalue weighted by Gasteiger charge is -1.96. The summed E-state index contributed by atoms with van der Waals surface area (Å²) < 4.78 is 0. The molecule has 0 saturated carbocycles. The fraction of sp³-hybridized carbons (Fsp3) is 0.375. The first-order valence-corrected chi connectivity index (χ1v) is 2.79. The van der Waals surface area contributed by atoms with Gasteiger partial charge in [0.15, 0.2) is 0 Å². The predicted molar refractivity (Wildman–Crippen MR) is 40.6 cm³/mol. The Morgan fingerprint density at radius 2 is 1.78 bits per heavy atom. The lowest BCUT2D eigenvalue weighted by atomic mass is 10.1. The molecule has 0 bridgehead atoms. The van der Waals surface area contributed by atoms with Crippen molar-refractivity contribution in [3.8, 4) is 12.3 Å². The highest BCUT2D eigenvalue weighted by Crippen LogP contribution is 2.01. The van der Waals surface area contributed by atoms with E-state index < -0.39 is 0 Å². The van der Waals surface area contributed by atoms with Gasteiger partial charge in [-0.2, -0.15) is 0 Å². The van der Waals surface area contributed by atoms with Crippen LogP contribution in [-0.4, -0.2) is 5.71 Å². The highest BCUT2D eigenvalue weighted by molar-refractivity contribution is 5.96. The lowest BCUT2D eigenvalue weighted by molar-refractivity contribution is 1.37. The summed E-state index contributed by atoms with van der Waals surface area (Å²) in [4.78, 5) is 0. The normalized spacial score (nSPS) is 11.8. The molecule has 0 aromatic heterocycles. The quantitative estimate of drug-likeness (QED) is 0.405. The van der Waals surface area contributed by atoms with Crippen molar-refractivity contribution >= 4 is 5.71 Å². The van der Waals surface area contributed by atoms with Crippen molar-refractivity contribution < 1.29 is 0 Å². The van der Waals surface area contributed by atoms with Crippen LogP contribution in [0, 0.1) is 17.8 Å². The molecule has 0 radical (unpaired) electrons. The van der Waals surface area contributed by atoms with Crippen molar-refractivity contribution in [3.05, 3.63) is 11.1 Å². The minimum absolute atomic E-state index is 0.547. The largest absolute Gasteiger partial charge is 0.305 e. The second-order valence-corrected chi connectivity index (χ2v) is 2.02. The van der Waals surface area contributed by atoms with Crippen molar-refractivity contribution in [2.75, 3.05) is 0 Å². The number of hydrogen-bond acceptors (Lipinski definition) is 1. The molecule has 0 fully saturated rings. The molecule has 0 aliphatic rings. The van der Waals surface area contributed by atoms with Crippen LogP contribution in [0.2, 0.25) is 0 Å². The highest BCUT2D eigenvalue weighted by Gasteiger charge is 1.93. The Morgan fingerprint density at radius 3 is 1.89 bits per heavy atom. The monoisotopic (exact) mass is 121 g/mol. The molecule has 9 heavy (non-hydrogen) atoms. The van der Waals surface area contributed by atoms with Crippen LogP contribution in [0.5, 0.6) is 0 Å². The first-order chi connectivity index (χ1) is 4.09. The molecule has 0 unspecified atom stereocenters. The Morgan fingerprint density at radius 1 is 1.33 bits per heavy atom. The third kappa shape index (κ3) is 2.14. The molecule has 0 aromatic rings. The van der Waals surface area contributed by atoms with Gasteiger partial charge in [0.25, 0.3) is 0 Å². The Labute approximate surface area is 56.3 Å². The molecule has 0 amide bonds. The van der Waals surface area contributed by atoms with E-state index in [4.69, 9.17) is 11.8 Å². The Hall–Kier alpha value is -1.03. The standard InChI is InChI=1S/C8H11N/c1-5-6(2)7(3)8(4)9/h1,9H,2-4H3/b7-6-,9-8?. The van der Waals surface area contributed by atoms with Crippen LogP contribution in [0.3, 0.4) is 0 Å². The molecule has 0 atom stereocenters. The lowest BCUT2D eigenvalue weighted by Crippen LogP contribution is -1.92. The second kappa shape index (κ2) is 3.09. The van der Waals surface area contributed by atoms with Crippen molar-refractivity contribution in [1.82, 2.24) is 0 Å². The predicted octanol–water partition coefficient (Wildman–Crippen LogP) is 2.00. The molecule has 0 rings (SSSR count). The van der Waals surface area contributed by atoms with E-state index >= 15 is 0 Å². The van der Waals surface area contributed by atoms with Crippen LogP contribution in [0.15, 0.2) is 11.1 Å². The Kier molecular flexibility index (Phi) is 2.73. The summed E-state index contributed by atoms with van der Waals surface area (Å²) in [5.74, 6) is 2.48. The van der Waals surface area contributed by atoms with Gasteiger partial charge in [0.2, 0.25) is 0 Å². The molecule has 0 aliphatic heterocycles. The van der Waals surface area contributed by atoms with E-state index in [1.54, 1.807) is 6.92 Å². The third-order valence-corrected chi connectivity index (χ3v) is 1.34. The molecule has 0 aromatic carbocycles. The molecule has 0 saturated heterocycles. The van der Waals surface area contributed by atoms with E-state index in [0.717, 1.165) is 11.1 Å². The topological polar surface area (TPSA) is 23.9 Å². The van der Waals surface area contributed by atoms with Gasteiger partial charge in [-0.05, 0) is 26.3 Å². The van der Waals surface area contributed by atoms with Crippen molar-refractivity contribution in [1.29, 1.82) is 5.41 Å². The van der Waals surface area contributed by atoms with Crippen molar-refractivity contribution in [2.45, 2.75) is 20.8 Å². The molecule has 0 heterocycles. The third-order valence-electron chi connectivity index (χ3n) is 1.34. The summed E-state index contributed by atoms with van der Waals surface area (Å²) in [5.41, 5.74) is 2.30. The summed E-state index contributed by atoms with van der Waals surface area (Å²) in [6.45, 7) is 5.43. The van der Waals surface area contributed by atoms with Gasteiger partial charge in [0.1, 0.15) is 0 Å². The second-order valence-electron chi connectivity index (χ2n) is 2.02. The summed E-state index contributed by atoms with van der Waals surface area (Å²) in [5, 5.41) is 7.18. The average Bonchev–Trinajstić information content (AvgIpc) is 1.84. The van der Waals surface area contributed by atoms with E-state index in [1.165, 1.54) is 0 Å². The molecular weight excluding hydrogens is 110 g/mol. The van der Waals surface area contributed by atoms with Gasteiger partial charge in [-0.1, -0.05) is 5.92 Å². The maximum Gasteiger partial charge on any atom is 0.0321 e.